The van der Waals surface area contributed by atoms with Gasteiger partial charge in [-0.25, -0.2) is 0 Å². The zero-order valence-electron chi connectivity index (χ0n) is 21.1. The fourth-order valence-electron chi connectivity index (χ4n) is 9.98. The van der Waals surface area contributed by atoms with E-state index in [0.717, 1.165) is 53.8 Å². The van der Waals surface area contributed by atoms with E-state index in [1.54, 1.807) is 0 Å². The van der Waals surface area contributed by atoms with Crippen molar-refractivity contribution in [2.45, 2.75) is 125 Å². The third kappa shape index (κ3) is 3.62. The van der Waals surface area contributed by atoms with Gasteiger partial charge in [0.15, 0.2) is 0 Å². The summed E-state index contributed by atoms with van der Waals surface area (Å²) in [6, 6.07) is 0. The molecule has 0 aromatic heterocycles. The Bertz CT molecular complexity index is 583. The lowest BCUT2D eigenvalue weighted by Crippen LogP contribution is -2.57. The number of aliphatic hydroxyl groups excluding tert-OH is 1. The molecule has 10 atom stereocenters. The summed E-state index contributed by atoms with van der Waals surface area (Å²) >= 11 is 0. The van der Waals surface area contributed by atoms with E-state index >= 15 is 0 Å². The van der Waals surface area contributed by atoms with Crippen molar-refractivity contribution in [2.75, 3.05) is 0 Å². The van der Waals surface area contributed by atoms with E-state index in [1.807, 2.05) is 0 Å². The second-order valence-corrected chi connectivity index (χ2v) is 13.2. The molecule has 0 aliphatic heterocycles. The molecule has 174 valence electrons. The summed E-state index contributed by atoms with van der Waals surface area (Å²) in [6.07, 6.45) is 16.5. The molecule has 4 aliphatic rings. The second kappa shape index (κ2) is 8.72. The first-order valence-corrected chi connectivity index (χ1v) is 13.9. The van der Waals surface area contributed by atoms with Crippen molar-refractivity contribution >= 4 is 0 Å². The van der Waals surface area contributed by atoms with Gasteiger partial charge < -0.3 is 5.11 Å². The molecule has 0 spiro atoms. The highest BCUT2D eigenvalue weighted by molar-refractivity contribution is 5.10. The number of hydrogen-bond acceptors (Lipinski definition) is 1. The Morgan fingerprint density at radius 1 is 0.867 bits per heavy atom. The molecule has 30 heavy (non-hydrogen) atoms. The third-order valence-corrected chi connectivity index (χ3v) is 11.9. The third-order valence-electron chi connectivity index (χ3n) is 11.9. The Morgan fingerprint density at radius 2 is 1.63 bits per heavy atom. The molecular formula is C29H52O. The van der Waals surface area contributed by atoms with Crippen LogP contribution in [0.25, 0.3) is 0 Å². The molecule has 4 rings (SSSR count). The predicted molar refractivity (Wildman–Crippen MR) is 128 cm³/mol. The van der Waals surface area contributed by atoms with Gasteiger partial charge in [-0.3, -0.25) is 0 Å². The molecule has 0 amide bonds. The van der Waals surface area contributed by atoms with Crippen LogP contribution in [0.5, 0.6) is 0 Å². The summed E-state index contributed by atoms with van der Waals surface area (Å²) in [4.78, 5) is 0. The topological polar surface area (TPSA) is 20.2 Å². The van der Waals surface area contributed by atoms with E-state index < -0.39 is 0 Å². The van der Waals surface area contributed by atoms with Crippen LogP contribution >= 0.6 is 0 Å². The van der Waals surface area contributed by atoms with E-state index in [9.17, 15) is 5.11 Å². The Kier molecular flexibility index (Phi) is 6.72. The molecule has 0 aromatic rings. The molecule has 1 N–H and O–H groups in total. The van der Waals surface area contributed by atoms with Crippen LogP contribution in [0.2, 0.25) is 0 Å². The number of rotatable bonds is 6. The van der Waals surface area contributed by atoms with Gasteiger partial charge in [0.1, 0.15) is 0 Å². The maximum Gasteiger partial charge on any atom is 0.0599 e. The van der Waals surface area contributed by atoms with Crippen LogP contribution in [-0.2, 0) is 0 Å². The van der Waals surface area contributed by atoms with E-state index in [4.69, 9.17) is 0 Å². The standard InChI is InChI=1S/C29H52O/c1-7-21(19(2)3)12-11-20(4)24-15-16-25-23-14-13-22-9-8-10-27(30)29(22,6)26(23)17-18-28(24,25)5/h19-27,30H,7-18H2,1-6H3/t20-,21+,22-,23+,24-,25+,26+,27?,28-,29+/m1/s1. The molecule has 0 heterocycles. The summed E-state index contributed by atoms with van der Waals surface area (Å²) in [5.74, 6) is 7.00. The zero-order valence-corrected chi connectivity index (χ0v) is 21.1. The molecule has 1 heteroatoms. The first-order chi connectivity index (χ1) is 14.2. The molecule has 1 nitrogen and oxygen atoms in total. The van der Waals surface area contributed by atoms with Crippen LogP contribution in [0.4, 0.5) is 0 Å². The summed E-state index contributed by atoms with van der Waals surface area (Å²) in [6.45, 7) is 15.0. The van der Waals surface area contributed by atoms with Gasteiger partial charge in [-0.05, 0) is 116 Å². The van der Waals surface area contributed by atoms with Crippen molar-refractivity contribution in [3.8, 4) is 0 Å². The maximum absolute atomic E-state index is 11.1. The minimum atomic E-state index is -0.0356. The molecule has 4 aliphatic carbocycles. The highest BCUT2D eigenvalue weighted by Crippen LogP contribution is 2.68. The summed E-state index contributed by atoms with van der Waals surface area (Å²) < 4.78 is 0. The number of hydrogen-bond donors (Lipinski definition) is 1. The lowest BCUT2D eigenvalue weighted by Gasteiger charge is -2.62. The molecule has 0 aromatic carbocycles. The summed E-state index contributed by atoms with van der Waals surface area (Å²) in [5.41, 5.74) is 0.792. The van der Waals surface area contributed by atoms with Gasteiger partial charge in [0, 0.05) is 0 Å². The van der Waals surface area contributed by atoms with Crippen LogP contribution in [0.15, 0.2) is 0 Å². The predicted octanol–water partition coefficient (Wildman–Crippen LogP) is 8.10. The molecule has 4 saturated carbocycles. The summed E-state index contributed by atoms with van der Waals surface area (Å²) in [5, 5.41) is 11.1. The van der Waals surface area contributed by atoms with Crippen molar-refractivity contribution in [2.24, 2.45) is 58.2 Å². The largest absolute Gasteiger partial charge is 0.393 e. The van der Waals surface area contributed by atoms with Crippen molar-refractivity contribution < 1.29 is 5.11 Å². The lowest BCUT2D eigenvalue weighted by molar-refractivity contribution is -0.164. The summed E-state index contributed by atoms with van der Waals surface area (Å²) in [7, 11) is 0. The average Bonchev–Trinajstić information content (AvgIpc) is 3.06. The second-order valence-electron chi connectivity index (χ2n) is 13.2. The van der Waals surface area contributed by atoms with Gasteiger partial charge in [-0.2, -0.15) is 0 Å². The molecule has 0 saturated heterocycles. The Morgan fingerprint density at radius 3 is 2.33 bits per heavy atom. The Hall–Kier alpha value is -0.0400. The lowest BCUT2D eigenvalue weighted by atomic mass is 9.44. The molecule has 0 bridgehead atoms. The van der Waals surface area contributed by atoms with Crippen molar-refractivity contribution in [3.63, 3.8) is 0 Å². The van der Waals surface area contributed by atoms with Gasteiger partial charge >= 0.3 is 0 Å². The van der Waals surface area contributed by atoms with Crippen LogP contribution in [0.1, 0.15) is 119 Å². The van der Waals surface area contributed by atoms with Gasteiger partial charge in [0.2, 0.25) is 0 Å². The fraction of sp³-hybridized carbons (Fsp3) is 1.00. The minimum Gasteiger partial charge on any atom is -0.393 e. The Balaban J connectivity index is 1.47. The van der Waals surface area contributed by atoms with E-state index in [-0.39, 0.29) is 11.5 Å². The van der Waals surface area contributed by atoms with E-state index in [1.165, 1.54) is 70.6 Å². The van der Waals surface area contributed by atoms with Crippen LogP contribution in [-0.4, -0.2) is 11.2 Å². The quantitative estimate of drug-likeness (QED) is 0.463. The molecule has 4 fully saturated rings. The van der Waals surface area contributed by atoms with Crippen LogP contribution in [0.3, 0.4) is 0 Å². The smallest absolute Gasteiger partial charge is 0.0599 e. The number of aliphatic hydroxyl groups is 1. The normalized spacial score (nSPS) is 48.0. The maximum atomic E-state index is 11.1. The first kappa shape index (κ1) is 23.1. The van der Waals surface area contributed by atoms with Gasteiger partial charge in [0.25, 0.3) is 0 Å². The minimum absolute atomic E-state index is 0.0356. The van der Waals surface area contributed by atoms with E-state index in [0.29, 0.717) is 5.41 Å². The zero-order chi connectivity index (χ0) is 21.7. The number of fused-ring (bicyclic) bond motifs is 5. The monoisotopic (exact) mass is 416 g/mol. The molecule has 0 radical (unpaired) electrons. The van der Waals surface area contributed by atoms with Crippen molar-refractivity contribution in [1.82, 2.24) is 0 Å². The van der Waals surface area contributed by atoms with Crippen molar-refractivity contribution in [3.05, 3.63) is 0 Å². The first-order valence-electron chi connectivity index (χ1n) is 13.9. The van der Waals surface area contributed by atoms with Crippen molar-refractivity contribution in [1.29, 1.82) is 0 Å². The van der Waals surface area contributed by atoms with Gasteiger partial charge in [-0.1, -0.05) is 60.8 Å². The molecular weight excluding hydrogens is 364 g/mol. The van der Waals surface area contributed by atoms with Crippen LogP contribution < -0.4 is 0 Å². The highest BCUT2D eigenvalue weighted by Gasteiger charge is 2.61. The van der Waals surface area contributed by atoms with E-state index in [2.05, 4.69) is 41.5 Å². The van der Waals surface area contributed by atoms with Crippen LogP contribution in [0, 0.1) is 58.2 Å². The fourth-order valence-corrected chi connectivity index (χ4v) is 9.98. The van der Waals surface area contributed by atoms with Gasteiger partial charge in [-0.15, -0.1) is 0 Å². The SMILES string of the molecule is CC[C@@H](CC[C@@H](C)[C@H]1CC[C@H]2[C@@H]3CC[C@H]4CCCC(O)[C@]4(C)[C@H]3CC[C@]12C)C(C)C. The average molecular weight is 417 g/mol. The highest BCUT2D eigenvalue weighted by atomic mass is 16.3. The van der Waals surface area contributed by atoms with Gasteiger partial charge in [0.05, 0.1) is 6.10 Å². The molecule has 1 unspecified atom stereocenters. The Labute approximate surface area is 188 Å².